The van der Waals surface area contributed by atoms with Crippen LogP contribution in [-0.2, 0) is 14.3 Å². The number of rotatable bonds is 4. The lowest BCUT2D eigenvalue weighted by Gasteiger charge is -2.39. The summed E-state index contributed by atoms with van der Waals surface area (Å²) in [6, 6.07) is 7.27. The van der Waals surface area contributed by atoms with Gasteiger partial charge in [-0.15, -0.1) is 0 Å². The summed E-state index contributed by atoms with van der Waals surface area (Å²) in [5.41, 5.74) is -0.854. The number of likely N-dealkylation sites (N-methyl/N-ethyl adjacent to an activating group) is 1. The van der Waals surface area contributed by atoms with Crippen molar-refractivity contribution in [3.8, 4) is 5.75 Å². The number of fused-ring (bicyclic) bond motifs is 1. The molecule has 124 valence electrons. The van der Waals surface area contributed by atoms with E-state index in [1.165, 1.54) is 6.92 Å². The first-order valence-electron chi connectivity index (χ1n) is 8.06. The van der Waals surface area contributed by atoms with Gasteiger partial charge >= 0.3 is 0 Å². The van der Waals surface area contributed by atoms with Gasteiger partial charge in [-0.05, 0) is 38.8 Å². The summed E-state index contributed by atoms with van der Waals surface area (Å²) < 4.78 is 11.3. The summed E-state index contributed by atoms with van der Waals surface area (Å²) in [5, 5.41) is 2.80. The fourth-order valence-electron chi connectivity index (χ4n) is 3.03. The van der Waals surface area contributed by atoms with Gasteiger partial charge in [-0.25, -0.2) is 0 Å². The molecule has 0 aliphatic carbocycles. The average Bonchev–Trinajstić information content (AvgIpc) is 3.07. The van der Waals surface area contributed by atoms with E-state index in [4.69, 9.17) is 9.47 Å². The van der Waals surface area contributed by atoms with Crippen LogP contribution in [-0.4, -0.2) is 43.2 Å². The Labute approximate surface area is 135 Å². The lowest BCUT2D eigenvalue weighted by atomic mass is 9.99. The molecule has 6 heteroatoms. The van der Waals surface area contributed by atoms with E-state index in [0.29, 0.717) is 24.5 Å². The number of hydrogen-bond donors (Lipinski definition) is 1. The molecule has 6 nitrogen and oxygen atoms in total. The van der Waals surface area contributed by atoms with Gasteiger partial charge in [0.15, 0.2) is 0 Å². The van der Waals surface area contributed by atoms with Crippen LogP contribution in [0.15, 0.2) is 24.3 Å². The highest BCUT2D eigenvalue weighted by Gasteiger charge is 2.50. The molecule has 1 saturated heterocycles. The van der Waals surface area contributed by atoms with Gasteiger partial charge in [0.2, 0.25) is 0 Å². The number of ether oxygens (including phenoxy) is 2. The molecule has 0 spiro atoms. The first-order chi connectivity index (χ1) is 11.1. The van der Waals surface area contributed by atoms with Crippen molar-refractivity contribution in [3.63, 3.8) is 0 Å². The Balaban J connectivity index is 1.79. The zero-order valence-electron chi connectivity index (χ0n) is 13.5. The number of hydrogen-bond acceptors (Lipinski definition) is 4. The Bertz CT molecular complexity index is 612. The van der Waals surface area contributed by atoms with Crippen LogP contribution in [0.1, 0.15) is 26.7 Å². The van der Waals surface area contributed by atoms with Crippen molar-refractivity contribution < 1.29 is 19.1 Å². The molecule has 0 aromatic heterocycles. The Kier molecular flexibility index (Phi) is 4.26. The van der Waals surface area contributed by atoms with Crippen LogP contribution in [0.3, 0.4) is 0 Å². The van der Waals surface area contributed by atoms with E-state index in [0.717, 1.165) is 19.4 Å². The number of para-hydroxylation sites is 2. The molecule has 1 N–H and O–H groups in total. The molecule has 3 rings (SSSR count). The Hall–Kier alpha value is -2.08. The summed E-state index contributed by atoms with van der Waals surface area (Å²) in [6.45, 7) is 5.01. The summed E-state index contributed by atoms with van der Waals surface area (Å²) in [6.07, 6.45) is 1.95. The van der Waals surface area contributed by atoms with Crippen molar-refractivity contribution in [1.29, 1.82) is 0 Å². The average molecular weight is 318 g/mol. The number of nitrogens with one attached hydrogen (secondary N) is 1. The van der Waals surface area contributed by atoms with Gasteiger partial charge in [-0.2, -0.15) is 0 Å². The molecule has 2 unspecified atom stereocenters. The van der Waals surface area contributed by atoms with Crippen LogP contribution in [0.2, 0.25) is 0 Å². The van der Waals surface area contributed by atoms with Crippen LogP contribution in [0.25, 0.3) is 0 Å². The fourth-order valence-corrected chi connectivity index (χ4v) is 3.03. The molecule has 2 amide bonds. The third-order valence-corrected chi connectivity index (χ3v) is 4.39. The lowest BCUT2D eigenvalue weighted by molar-refractivity contribution is -0.148. The second-order valence-electron chi connectivity index (χ2n) is 6.00. The van der Waals surface area contributed by atoms with E-state index in [-0.39, 0.29) is 12.0 Å². The number of anilines is 1. The third kappa shape index (κ3) is 2.79. The summed E-state index contributed by atoms with van der Waals surface area (Å²) in [4.78, 5) is 27.0. The van der Waals surface area contributed by atoms with Crippen molar-refractivity contribution in [2.24, 2.45) is 0 Å². The maximum absolute atomic E-state index is 12.8. The van der Waals surface area contributed by atoms with Crippen LogP contribution >= 0.6 is 0 Å². The molecule has 1 aromatic carbocycles. The summed E-state index contributed by atoms with van der Waals surface area (Å²) in [7, 11) is 0. The second-order valence-corrected chi connectivity index (χ2v) is 6.00. The Morgan fingerprint density at radius 1 is 1.43 bits per heavy atom. The topological polar surface area (TPSA) is 67.9 Å². The minimum absolute atomic E-state index is 0.0239. The minimum atomic E-state index is -1.55. The maximum Gasteiger partial charge on any atom is 0.280 e. The molecule has 23 heavy (non-hydrogen) atoms. The van der Waals surface area contributed by atoms with E-state index in [2.05, 4.69) is 5.32 Å². The predicted molar refractivity (Wildman–Crippen MR) is 85.5 cm³/mol. The SMILES string of the molecule is CCN1C(=O)C(C)(C(=O)NCC2CCCO2)Oc2ccccc21. The molecule has 0 bridgehead atoms. The van der Waals surface area contributed by atoms with Crippen molar-refractivity contribution in [3.05, 3.63) is 24.3 Å². The molecule has 1 aromatic rings. The number of nitrogens with zero attached hydrogens (tertiary/aromatic N) is 1. The predicted octanol–water partition coefficient (Wildman–Crippen LogP) is 1.49. The van der Waals surface area contributed by atoms with E-state index < -0.39 is 11.5 Å². The molecule has 0 radical (unpaired) electrons. The van der Waals surface area contributed by atoms with Crippen LogP contribution < -0.4 is 15.0 Å². The zero-order valence-corrected chi connectivity index (χ0v) is 13.5. The van der Waals surface area contributed by atoms with Crippen LogP contribution in [0.4, 0.5) is 5.69 Å². The molecule has 2 aliphatic heterocycles. The minimum Gasteiger partial charge on any atom is -0.466 e. The second kappa shape index (κ2) is 6.20. The largest absolute Gasteiger partial charge is 0.466 e. The summed E-state index contributed by atoms with van der Waals surface area (Å²) in [5.74, 6) is -0.224. The molecule has 1 fully saturated rings. The normalized spacial score (nSPS) is 26.6. The highest BCUT2D eigenvalue weighted by molar-refractivity contribution is 6.16. The van der Waals surface area contributed by atoms with E-state index in [9.17, 15) is 9.59 Å². The van der Waals surface area contributed by atoms with Gasteiger partial charge in [0.05, 0.1) is 11.8 Å². The van der Waals surface area contributed by atoms with Gasteiger partial charge < -0.3 is 19.7 Å². The Morgan fingerprint density at radius 3 is 2.91 bits per heavy atom. The maximum atomic E-state index is 12.8. The van der Waals surface area contributed by atoms with Crippen molar-refractivity contribution >= 4 is 17.5 Å². The van der Waals surface area contributed by atoms with Gasteiger partial charge in [-0.3, -0.25) is 9.59 Å². The van der Waals surface area contributed by atoms with Crippen LogP contribution in [0, 0.1) is 0 Å². The van der Waals surface area contributed by atoms with Crippen molar-refractivity contribution in [1.82, 2.24) is 5.32 Å². The fraction of sp³-hybridized carbons (Fsp3) is 0.529. The Morgan fingerprint density at radius 2 is 2.22 bits per heavy atom. The quantitative estimate of drug-likeness (QED) is 0.854. The number of benzene rings is 1. The molecule has 2 aliphatic rings. The monoisotopic (exact) mass is 318 g/mol. The number of amides is 2. The van der Waals surface area contributed by atoms with Crippen LogP contribution in [0.5, 0.6) is 5.75 Å². The molecule has 2 heterocycles. The van der Waals surface area contributed by atoms with E-state index in [1.54, 1.807) is 11.0 Å². The van der Waals surface area contributed by atoms with Gasteiger partial charge in [0.1, 0.15) is 5.75 Å². The number of carbonyl (C=O) groups excluding carboxylic acids is 2. The lowest BCUT2D eigenvalue weighted by Crippen LogP contribution is -2.62. The third-order valence-electron chi connectivity index (χ3n) is 4.39. The first-order valence-corrected chi connectivity index (χ1v) is 8.06. The smallest absolute Gasteiger partial charge is 0.280 e. The van der Waals surface area contributed by atoms with Gasteiger partial charge in [-0.1, -0.05) is 12.1 Å². The van der Waals surface area contributed by atoms with Crippen molar-refractivity contribution in [2.45, 2.75) is 38.4 Å². The van der Waals surface area contributed by atoms with Gasteiger partial charge in [0.25, 0.3) is 17.4 Å². The van der Waals surface area contributed by atoms with E-state index in [1.807, 2.05) is 25.1 Å². The van der Waals surface area contributed by atoms with E-state index >= 15 is 0 Å². The standard InChI is InChI=1S/C17H22N2O4/c1-3-19-13-8-4-5-9-14(13)23-17(2,16(19)21)15(20)18-11-12-7-6-10-22-12/h4-5,8-9,12H,3,6-7,10-11H2,1-2H3,(H,18,20). The van der Waals surface area contributed by atoms with Crippen molar-refractivity contribution in [2.75, 3.05) is 24.6 Å². The zero-order chi connectivity index (χ0) is 16.4. The highest BCUT2D eigenvalue weighted by atomic mass is 16.5. The first kappa shape index (κ1) is 15.8. The molecule has 2 atom stereocenters. The number of carbonyl (C=O) groups is 2. The molecule has 0 saturated carbocycles. The highest BCUT2D eigenvalue weighted by Crippen LogP contribution is 2.37. The molecular formula is C17H22N2O4. The molecular weight excluding hydrogens is 296 g/mol. The van der Waals surface area contributed by atoms with Gasteiger partial charge in [0, 0.05) is 19.7 Å². The summed E-state index contributed by atoms with van der Waals surface area (Å²) >= 11 is 0.